The van der Waals surface area contributed by atoms with Gasteiger partial charge in [-0.1, -0.05) is 53.7 Å². The first-order valence-electron chi connectivity index (χ1n) is 11.6. The summed E-state index contributed by atoms with van der Waals surface area (Å²) in [6, 6.07) is 8.20. The Morgan fingerprint density at radius 2 is 0.943 bits per heavy atom. The van der Waals surface area contributed by atoms with Gasteiger partial charge in [-0.2, -0.15) is 0 Å². The van der Waals surface area contributed by atoms with Crippen LogP contribution in [-0.2, 0) is 28.0 Å². The van der Waals surface area contributed by atoms with E-state index >= 15 is 0 Å². The highest BCUT2D eigenvalue weighted by Crippen LogP contribution is 2.41. The Labute approximate surface area is 212 Å². The largest absolute Gasteiger partial charge is 0.508 e. The molecule has 0 aliphatic rings. The van der Waals surface area contributed by atoms with Crippen LogP contribution in [0.5, 0.6) is 11.5 Å². The van der Waals surface area contributed by atoms with Crippen LogP contribution in [-0.4, -0.2) is 29.8 Å². The first-order chi connectivity index (χ1) is 15.9. The minimum absolute atomic E-state index is 0.0565. The molecule has 0 aromatic heterocycles. The van der Waals surface area contributed by atoms with Crippen molar-refractivity contribution in [2.45, 2.75) is 91.9 Å². The van der Waals surface area contributed by atoms with Crippen LogP contribution in [0.2, 0.25) is 0 Å². The first-order valence-corrected chi connectivity index (χ1v) is 14.0. The van der Waals surface area contributed by atoms with Crippen molar-refractivity contribution >= 4 is 17.2 Å². The van der Waals surface area contributed by atoms with Gasteiger partial charge in [-0.25, -0.2) is 4.31 Å². The molecule has 0 radical (unpaired) electrons. The van der Waals surface area contributed by atoms with Crippen molar-refractivity contribution in [2.75, 3.05) is 0 Å². The van der Waals surface area contributed by atoms with Gasteiger partial charge in [0.15, 0.2) is 0 Å². The van der Waals surface area contributed by atoms with Gasteiger partial charge in [0.2, 0.25) is 0 Å². The lowest BCUT2D eigenvalue weighted by Crippen LogP contribution is -2.12. The van der Waals surface area contributed by atoms with Gasteiger partial charge in [0.1, 0.15) is 11.5 Å². The number of rotatable bonds is 7. The number of phenols is 2. The molecule has 0 aliphatic carbocycles. The highest BCUT2D eigenvalue weighted by molar-refractivity contribution is 7.53. The van der Waals surface area contributed by atoms with E-state index in [1.54, 1.807) is 0 Å². The molecule has 0 heterocycles. The number of unbranched alkanes of at least 4 members (excludes halogenated alkanes) is 1. The van der Waals surface area contributed by atoms with E-state index in [1.165, 1.54) is 22.3 Å². The molecule has 2 rings (SSSR count). The second-order valence-corrected chi connectivity index (χ2v) is 12.6. The summed E-state index contributed by atoms with van der Waals surface area (Å²) in [4.78, 5) is 31.3. The molecule has 9 heteroatoms. The smallest absolute Gasteiger partial charge is 0.334 e. The summed E-state index contributed by atoms with van der Waals surface area (Å²) in [7, 11) is -5.22. The Morgan fingerprint density at radius 1 is 0.629 bits per heavy atom. The standard InChI is InChI=1S/C26H38O2.H4O5P2/c1-17-13-23(27)21(25(3,4)5)15-19(17)11-9-10-12-20-16-22(26(6,7)8)24(28)14-18(20)2;1-6(2)5-7(3)4/h13-16,27-28H,9-12H2,1-8H3;1-4H. The van der Waals surface area contributed by atoms with E-state index in [2.05, 4.69) is 71.8 Å². The Balaban J connectivity index is 0.000000762. The summed E-state index contributed by atoms with van der Waals surface area (Å²) < 4.78 is 3.60. The van der Waals surface area contributed by atoms with Gasteiger partial charge < -0.3 is 29.8 Å². The molecule has 198 valence electrons. The van der Waals surface area contributed by atoms with Crippen LogP contribution < -0.4 is 0 Å². The van der Waals surface area contributed by atoms with Crippen LogP contribution in [0.1, 0.15) is 87.8 Å². The molecule has 2 aromatic carbocycles. The summed E-state index contributed by atoms with van der Waals surface area (Å²) in [5, 5.41) is 20.6. The van der Waals surface area contributed by atoms with Crippen molar-refractivity contribution in [2.24, 2.45) is 0 Å². The average Bonchev–Trinajstić information content (AvgIpc) is 2.65. The zero-order chi connectivity index (χ0) is 27.1. The predicted molar refractivity (Wildman–Crippen MR) is 144 cm³/mol. The Morgan fingerprint density at radius 3 is 1.17 bits per heavy atom. The van der Waals surface area contributed by atoms with E-state index in [1.807, 2.05) is 12.1 Å². The van der Waals surface area contributed by atoms with Gasteiger partial charge in [-0.15, -0.1) is 0 Å². The van der Waals surface area contributed by atoms with Crippen molar-refractivity contribution in [3.8, 4) is 11.5 Å². The molecule has 0 aliphatic heterocycles. The SMILES string of the molecule is Cc1cc(O)c(C(C)(C)C)cc1CCCCc1cc(C(C)(C)C)c(O)cc1C.OP(O)OP(O)O. The zero-order valence-corrected chi connectivity index (χ0v) is 23.9. The maximum atomic E-state index is 10.3. The molecule has 0 fully saturated rings. The van der Waals surface area contributed by atoms with Crippen LogP contribution >= 0.6 is 17.2 Å². The average molecular weight is 529 g/mol. The molecular formula is C26H42O7P2. The lowest BCUT2D eigenvalue weighted by atomic mass is 9.83. The molecule has 0 spiro atoms. The van der Waals surface area contributed by atoms with Gasteiger partial charge in [-0.05, 0) is 95.9 Å². The fourth-order valence-electron chi connectivity index (χ4n) is 3.91. The van der Waals surface area contributed by atoms with E-state index in [-0.39, 0.29) is 10.8 Å². The summed E-state index contributed by atoms with van der Waals surface area (Å²) in [6.45, 7) is 17.0. The normalized spacial score (nSPS) is 12.2. The Bertz CT molecular complexity index is 884. The van der Waals surface area contributed by atoms with Gasteiger partial charge in [0.25, 0.3) is 0 Å². The van der Waals surface area contributed by atoms with Gasteiger partial charge >= 0.3 is 17.2 Å². The maximum Gasteiger partial charge on any atom is 0.334 e. The van der Waals surface area contributed by atoms with Gasteiger partial charge in [0.05, 0.1) is 0 Å². The van der Waals surface area contributed by atoms with Gasteiger partial charge in [0, 0.05) is 0 Å². The predicted octanol–water partition coefficient (Wildman–Crippen LogP) is 6.30. The highest BCUT2D eigenvalue weighted by Gasteiger charge is 2.21. The molecule has 0 amide bonds. The molecule has 0 saturated carbocycles. The number of phenolic OH excluding ortho intramolecular Hbond substituents is 2. The molecule has 35 heavy (non-hydrogen) atoms. The zero-order valence-electron chi connectivity index (χ0n) is 22.1. The highest BCUT2D eigenvalue weighted by atomic mass is 31.2. The molecule has 2 aromatic rings. The molecule has 0 atom stereocenters. The van der Waals surface area contributed by atoms with Gasteiger partial charge in [-0.3, -0.25) is 0 Å². The lowest BCUT2D eigenvalue weighted by molar-refractivity contribution is 0.324. The van der Waals surface area contributed by atoms with E-state index < -0.39 is 17.2 Å². The summed E-state index contributed by atoms with van der Waals surface area (Å²) in [6.07, 6.45) is 4.28. The molecule has 7 nitrogen and oxygen atoms in total. The van der Waals surface area contributed by atoms with E-state index in [0.717, 1.165) is 36.8 Å². The maximum absolute atomic E-state index is 10.3. The minimum Gasteiger partial charge on any atom is -0.508 e. The third-order valence-corrected chi connectivity index (χ3v) is 6.98. The molecule has 6 N–H and O–H groups in total. The fraction of sp³-hybridized carbons (Fsp3) is 0.538. The first kappa shape index (κ1) is 31.7. The second kappa shape index (κ2) is 13.3. The van der Waals surface area contributed by atoms with Crippen molar-refractivity contribution in [3.05, 3.63) is 57.6 Å². The molecule has 0 saturated heterocycles. The Kier molecular flexibility index (Phi) is 12.1. The number of hydrogen-bond donors (Lipinski definition) is 6. The summed E-state index contributed by atoms with van der Waals surface area (Å²) in [5.74, 6) is 0.811. The van der Waals surface area contributed by atoms with Crippen LogP contribution in [0.15, 0.2) is 24.3 Å². The molecule has 0 unspecified atom stereocenters. The number of benzene rings is 2. The second-order valence-electron chi connectivity index (χ2n) is 10.9. The quantitative estimate of drug-likeness (QED) is 0.184. The van der Waals surface area contributed by atoms with Crippen molar-refractivity contribution in [1.82, 2.24) is 0 Å². The summed E-state index contributed by atoms with van der Waals surface area (Å²) >= 11 is 0. The number of hydrogen-bond acceptors (Lipinski definition) is 7. The topological polar surface area (TPSA) is 131 Å². The monoisotopic (exact) mass is 528 g/mol. The fourth-order valence-corrected chi connectivity index (χ4v) is 4.43. The van der Waals surface area contributed by atoms with Crippen molar-refractivity contribution in [3.63, 3.8) is 0 Å². The third-order valence-electron chi connectivity index (χ3n) is 5.81. The Hall–Kier alpha value is -1.30. The number of aromatic hydroxyl groups is 2. The van der Waals surface area contributed by atoms with Crippen LogP contribution in [0.4, 0.5) is 0 Å². The molecular weight excluding hydrogens is 486 g/mol. The number of aryl methyl sites for hydroxylation is 4. The lowest BCUT2D eigenvalue weighted by Gasteiger charge is -2.23. The van der Waals surface area contributed by atoms with Crippen molar-refractivity contribution in [1.29, 1.82) is 0 Å². The van der Waals surface area contributed by atoms with Crippen molar-refractivity contribution < 1.29 is 34.1 Å². The minimum atomic E-state index is -2.61. The van der Waals surface area contributed by atoms with Crippen LogP contribution in [0.3, 0.4) is 0 Å². The third kappa shape index (κ3) is 10.7. The molecule has 0 bridgehead atoms. The van der Waals surface area contributed by atoms with E-state index in [0.29, 0.717) is 11.5 Å². The van der Waals surface area contributed by atoms with E-state index in [9.17, 15) is 10.2 Å². The van der Waals surface area contributed by atoms with Crippen LogP contribution in [0, 0.1) is 13.8 Å². The van der Waals surface area contributed by atoms with Crippen LogP contribution in [0.25, 0.3) is 0 Å². The van der Waals surface area contributed by atoms with E-state index in [4.69, 9.17) is 19.6 Å². The summed E-state index contributed by atoms with van der Waals surface area (Å²) in [5.41, 5.74) is 6.94.